The third-order valence-corrected chi connectivity index (χ3v) is 5.29. The number of hydrogen-bond donors (Lipinski definition) is 1. The van der Waals surface area contributed by atoms with Crippen LogP contribution in [0.4, 0.5) is 5.69 Å². The fourth-order valence-corrected chi connectivity index (χ4v) is 3.83. The number of carbonyl (C=O) groups excluding carboxylic acids is 1. The van der Waals surface area contributed by atoms with E-state index in [-0.39, 0.29) is 5.91 Å². The second-order valence-corrected chi connectivity index (χ2v) is 7.26. The summed E-state index contributed by atoms with van der Waals surface area (Å²) < 4.78 is 5.29. The average molecular weight is 356 g/mol. The van der Waals surface area contributed by atoms with Crippen LogP contribution in [0, 0.1) is 0 Å². The predicted molar refractivity (Wildman–Crippen MR) is 105 cm³/mol. The third-order valence-electron chi connectivity index (χ3n) is 4.35. The van der Waals surface area contributed by atoms with Gasteiger partial charge in [-0.15, -0.1) is 0 Å². The molecule has 4 nitrogen and oxygen atoms in total. The molecule has 1 saturated heterocycles. The van der Waals surface area contributed by atoms with E-state index in [0.29, 0.717) is 13.0 Å². The minimum Gasteiger partial charge on any atom is -0.496 e. The van der Waals surface area contributed by atoms with Gasteiger partial charge in [-0.05, 0) is 23.8 Å². The van der Waals surface area contributed by atoms with Gasteiger partial charge < -0.3 is 15.0 Å². The minimum atomic E-state index is 0.00151. The SMILES string of the molecule is COc1ccccc1CC(=O)NCc1ccc(N2CCSCC2)cc1. The first-order valence-corrected chi connectivity index (χ1v) is 9.72. The van der Waals surface area contributed by atoms with E-state index < -0.39 is 0 Å². The van der Waals surface area contributed by atoms with Gasteiger partial charge in [0.05, 0.1) is 13.5 Å². The van der Waals surface area contributed by atoms with Crippen molar-refractivity contribution in [3.8, 4) is 5.75 Å². The van der Waals surface area contributed by atoms with Gasteiger partial charge >= 0.3 is 0 Å². The van der Waals surface area contributed by atoms with Crippen LogP contribution in [0.3, 0.4) is 0 Å². The first-order chi connectivity index (χ1) is 12.3. The van der Waals surface area contributed by atoms with E-state index in [9.17, 15) is 4.79 Å². The van der Waals surface area contributed by atoms with Crippen LogP contribution < -0.4 is 15.0 Å². The Bertz CT molecular complexity index is 697. The number of ether oxygens (including phenoxy) is 1. The number of thioether (sulfide) groups is 1. The van der Waals surface area contributed by atoms with E-state index >= 15 is 0 Å². The lowest BCUT2D eigenvalue weighted by Crippen LogP contribution is -2.32. The molecular formula is C20H24N2O2S. The van der Waals surface area contributed by atoms with Gasteiger partial charge in [0, 0.05) is 42.4 Å². The molecule has 0 atom stereocenters. The number of amides is 1. The van der Waals surface area contributed by atoms with E-state index in [1.807, 2.05) is 36.0 Å². The normalized spacial score (nSPS) is 14.2. The Kier molecular flexibility index (Phi) is 6.23. The Balaban J connectivity index is 1.51. The van der Waals surface area contributed by atoms with Crippen LogP contribution in [-0.2, 0) is 17.8 Å². The lowest BCUT2D eigenvalue weighted by Gasteiger charge is -2.28. The Labute approximate surface area is 153 Å². The number of rotatable bonds is 6. The van der Waals surface area contributed by atoms with Crippen molar-refractivity contribution < 1.29 is 9.53 Å². The van der Waals surface area contributed by atoms with Crippen molar-refractivity contribution in [1.82, 2.24) is 5.32 Å². The molecule has 0 saturated carbocycles. The zero-order valence-electron chi connectivity index (χ0n) is 14.5. The van der Waals surface area contributed by atoms with E-state index in [1.165, 1.54) is 17.2 Å². The average Bonchev–Trinajstić information content (AvgIpc) is 2.68. The van der Waals surface area contributed by atoms with Crippen molar-refractivity contribution in [3.63, 3.8) is 0 Å². The molecule has 0 bridgehead atoms. The third kappa shape index (κ3) is 4.92. The summed E-state index contributed by atoms with van der Waals surface area (Å²) in [6, 6.07) is 16.1. The molecule has 0 aromatic heterocycles. The molecule has 1 fully saturated rings. The molecule has 132 valence electrons. The monoisotopic (exact) mass is 356 g/mol. The summed E-state index contributed by atoms with van der Waals surface area (Å²) in [6.07, 6.45) is 0.327. The van der Waals surface area contributed by atoms with Crippen LogP contribution in [-0.4, -0.2) is 37.6 Å². The Morgan fingerprint density at radius 3 is 2.56 bits per heavy atom. The summed E-state index contributed by atoms with van der Waals surface area (Å²) in [5.41, 5.74) is 3.29. The van der Waals surface area contributed by atoms with Crippen molar-refractivity contribution in [2.75, 3.05) is 36.6 Å². The number of anilines is 1. The molecule has 2 aromatic rings. The highest BCUT2D eigenvalue weighted by Gasteiger charge is 2.11. The zero-order valence-corrected chi connectivity index (χ0v) is 15.3. The van der Waals surface area contributed by atoms with Gasteiger partial charge in [0.25, 0.3) is 0 Å². The lowest BCUT2D eigenvalue weighted by molar-refractivity contribution is -0.120. The standard InChI is InChI=1S/C20H24N2O2S/c1-24-19-5-3-2-4-17(19)14-20(23)21-15-16-6-8-18(9-7-16)22-10-12-25-13-11-22/h2-9H,10-15H2,1H3,(H,21,23). The molecule has 3 rings (SSSR count). The van der Waals surface area contributed by atoms with Crippen molar-refractivity contribution in [3.05, 3.63) is 59.7 Å². The molecule has 1 aliphatic rings. The largest absolute Gasteiger partial charge is 0.496 e. The summed E-state index contributed by atoms with van der Waals surface area (Å²) >= 11 is 2.01. The van der Waals surface area contributed by atoms with Gasteiger partial charge in [0.15, 0.2) is 0 Å². The van der Waals surface area contributed by atoms with Crippen LogP contribution >= 0.6 is 11.8 Å². The van der Waals surface area contributed by atoms with Crippen LogP contribution in [0.5, 0.6) is 5.75 Å². The maximum Gasteiger partial charge on any atom is 0.224 e. The molecule has 25 heavy (non-hydrogen) atoms. The molecule has 1 aliphatic heterocycles. The number of nitrogens with zero attached hydrogens (tertiary/aromatic N) is 1. The highest BCUT2D eigenvalue weighted by atomic mass is 32.2. The topological polar surface area (TPSA) is 41.6 Å². The molecule has 1 heterocycles. The highest BCUT2D eigenvalue weighted by Crippen LogP contribution is 2.20. The number of carbonyl (C=O) groups is 1. The number of para-hydroxylation sites is 1. The van der Waals surface area contributed by atoms with Gasteiger partial charge in [-0.2, -0.15) is 11.8 Å². The molecule has 0 aliphatic carbocycles. The van der Waals surface area contributed by atoms with E-state index in [2.05, 4.69) is 34.5 Å². The van der Waals surface area contributed by atoms with Crippen molar-refractivity contribution >= 4 is 23.4 Å². The first kappa shape index (κ1) is 17.7. The van der Waals surface area contributed by atoms with Crippen LogP contribution in [0.1, 0.15) is 11.1 Å². The lowest BCUT2D eigenvalue weighted by atomic mass is 10.1. The van der Waals surface area contributed by atoms with Crippen LogP contribution in [0.25, 0.3) is 0 Å². The second kappa shape index (κ2) is 8.81. The van der Waals surface area contributed by atoms with Crippen LogP contribution in [0.15, 0.2) is 48.5 Å². The molecule has 1 N–H and O–H groups in total. The van der Waals surface area contributed by atoms with Gasteiger partial charge in [0.2, 0.25) is 5.91 Å². The highest BCUT2D eigenvalue weighted by molar-refractivity contribution is 7.99. The van der Waals surface area contributed by atoms with Crippen molar-refractivity contribution in [2.24, 2.45) is 0 Å². The molecule has 2 aromatic carbocycles. The molecule has 5 heteroatoms. The molecule has 0 unspecified atom stereocenters. The summed E-state index contributed by atoms with van der Waals surface area (Å²) in [7, 11) is 1.62. The van der Waals surface area contributed by atoms with E-state index in [1.54, 1.807) is 7.11 Å². The van der Waals surface area contributed by atoms with E-state index in [0.717, 1.165) is 30.0 Å². The van der Waals surface area contributed by atoms with Gasteiger partial charge in [-0.3, -0.25) is 4.79 Å². The van der Waals surface area contributed by atoms with Crippen molar-refractivity contribution in [2.45, 2.75) is 13.0 Å². The molecule has 0 spiro atoms. The quantitative estimate of drug-likeness (QED) is 0.864. The minimum absolute atomic E-state index is 0.00151. The predicted octanol–water partition coefficient (Wildman–Crippen LogP) is 3.11. The fourth-order valence-electron chi connectivity index (χ4n) is 2.93. The van der Waals surface area contributed by atoms with E-state index in [4.69, 9.17) is 4.74 Å². The number of methoxy groups -OCH3 is 1. The molecular weight excluding hydrogens is 332 g/mol. The summed E-state index contributed by atoms with van der Waals surface area (Å²) in [4.78, 5) is 14.6. The zero-order chi connectivity index (χ0) is 17.5. The van der Waals surface area contributed by atoms with Crippen LogP contribution in [0.2, 0.25) is 0 Å². The second-order valence-electron chi connectivity index (χ2n) is 6.03. The first-order valence-electron chi connectivity index (χ1n) is 8.56. The smallest absolute Gasteiger partial charge is 0.224 e. The molecule has 0 radical (unpaired) electrons. The fraction of sp³-hybridized carbons (Fsp3) is 0.350. The summed E-state index contributed by atoms with van der Waals surface area (Å²) in [5, 5.41) is 2.99. The maximum atomic E-state index is 12.2. The number of hydrogen-bond acceptors (Lipinski definition) is 4. The Morgan fingerprint density at radius 1 is 1.12 bits per heavy atom. The van der Waals surface area contributed by atoms with Gasteiger partial charge in [0.1, 0.15) is 5.75 Å². The van der Waals surface area contributed by atoms with Gasteiger partial charge in [-0.1, -0.05) is 30.3 Å². The Morgan fingerprint density at radius 2 is 1.84 bits per heavy atom. The number of benzene rings is 2. The Hall–Kier alpha value is -2.14. The van der Waals surface area contributed by atoms with Crippen molar-refractivity contribution in [1.29, 1.82) is 0 Å². The van der Waals surface area contributed by atoms with Gasteiger partial charge in [-0.25, -0.2) is 0 Å². The summed E-state index contributed by atoms with van der Waals surface area (Å²) in [5.74, 6) is 3.14. The summed E-state index contributed by atoms with van der Waals surface area (Å²) in [6.45, 7) is 2.77. The molecule has 1 amide bonds. The maximum absolute atomic E-state index is 12.2. The number of nitrogens with one attached hydrogen (secondary N) is 1.